The number of aromatic amines is 1. The van der Waals surface area contributed by atoms with Crippen molar-refractivity contribution in [3.8, 4) is 0 Å². The van der Waals surface area contributed by atoms with Gasteiger partial charge in [0.25, 0.3) is 0 Å². The molecule has 0 saturated carbocycles. The summed E-state index contributed by atoms with van der Waals surface area (Å²) in [6.45, 7) is 4.55. The highest BCUT2D eigenvalue weighted by molar-refractivity contribution is 7.89. The number of hydrogen-bond acceptors (Lipinski definition) is 4. The van der Waals surface area contributed by atoms with Gasteiger partial charge in [0.05, 0.1) is 4.90 Å². The van der Waals surface area contributed by atoms with Crippen LogP contribution in [0.5, 0.6) is 0 Å². The molecule has 2 N–H and O–H groups in total. The van der Waals surface area contributed by atoms with Crippen molar-refractivity contribution in [2.24, 2.45) is 0 Å². The summed E-state index contributed by atoms with van der Waals surface area (Å²) in [7, 11) is 0.486. The molecule has 2 rings (SSSR count). The van der Waals surface area contributed by atoms with E-state index in [1.165, 1.54) is 0 Å². The summed E-state index contributed by atoms with van der Waals surface area (Å²) in [5.74, 6) is 0. The zero-order valence-electron chi connectivity index (χ0n) is 11.7. The highest BCUT2D eigenvalue weighted by Crippen LogP contribution is 2.20. The van der Waals surface area contributed by atoms with Gasteiger partial charge in [-0.2, -0.15) is 4.31 Å². The van der Waals surface area contributed by atoms with Gasteiger partial charge in [0.2, 0.25) is 10.0 Å². The summed E-state index contributed by atoms with van der Waals surface area (Å²) < 4.78 is 26.6. The van der Waals surface area contributed by atoms with E-state index in [1.54, 1.807) is 16.6 Å². The topological polar surface area (TPSA) is 68.4 Å². The number of hydrogen-bond donors (Lipinski definition) is 2. The smallest absolute Gasteiger partial charge is 0.244 e. The second-order valence-electron chi connectivity index (χ2n) is 5.08. The molecule has 1 aromatic rings. The monoisotopic (exact) mass is 286 g/mol. The molecular formula is C12H22N4O2S. The van der Waals surface area contributed by atoms with Crippen LogP contribution >= 0.6 is 0 Å². The molecule has 0 bridgehead atoms. The molecule has 1 aliphatic rings. The molecule has 1 fully saturated rings. The molecule has 1 aromatic heterocycles. The first-order valence-electron chi connectivity index (χ1n) is 6.47. The first kappa shape index (κ1) is 14.5. The lowest BCUT2D eigenvalue weighted by Crippen LogP contribution is -2.51. The third-order valence-corrected chi connectivity index (χ3v) is 5.49. The van der Waals surface area contributed by atoms with Crippen LogP contribution in [0.15, 0.2) is 17.2 Å². The summed E-state index contributed by atoms with van der Waals surface area (Å²) >= 11 is 0. The van der Waals surface area contributed by atoms with Crippen molar-refractivity contribution in [1.29, 1.82) is 0 Å². The molecule has 1 saturated heterocycles. The Hall–Kier alpha value is -0.890. The van der Waals surface area contributed by atoms with E-state index >= 15 is 0 Å². The van der Waals surface area contributed by atoms with Gasteiger partial charge in [0.15, 0.2) is 0 Å². The average molecular weight is 286 g/mol. The van der Waals surface area contributed by atoms with E-state index in [4.69, 9.17) is 0 Å². The van der Waals surface area contributed by atoms with Crippen LogP contribution in [0.1, 0.15) is 12.6 Å². The normalized spacial score (nSPS) is 22.8. The van der Waals surface area contributed by atoms with Crippen LogP contribution in [0.2, 0.25) is 0 Å². The minimum atomic E-state index is -3.37. The van der Waals surface area contributed by atoms with Crippen molar-refractivity contribution in [1.82, 2.24) is 19.5 Å². The van der Waals surface area contributed by atoms with Crippen molar-refractivity contribution in [3.05, 3.63) is 18.0 Å². The number of piperazine rings is 1. The zero-order chi connectivity index (χ0) is 14.0. The molecule has 1 aliphatic heterocycles. The molecule has 0 amide bonds. The number of rotatable bonds is 4. The third kappa shape index (κ3) is 3.00. The Balaban J connectivity index is 2.17. The Morgan fingerprint density at radius 1 is 1.47 bits per heavy atom. The van der Waals surface area contributed by atoms with Gasteiger partial charge in [-0.1, -0.05) is 0 Å². The Bertz CT molecular complexity index is 526. The summed E-state index contributed by atoms with van der Waals surface area (Å²) in [6, 6.07) is 1.95. The largest absolute Gasteiger partial charge is 0.363 e. The van der Waals surface area contributed by atoms with Gasteiger partial charge in [0, 0.05) is 44.1 Å². The Labute approximate surface area is 114 Å². The second-order valence-corrected chi connectivity index (χ2v) is 7.02. The van der Waals surface area contributed by atoms with Crippen molar-refractivity contribution in [3.63, 3.8) is 0 Å². The fourth-order valence-electron chi connectivity index (χ4n) is 2.24. The fraction of sp³-hybridized carbons (Fsp3) is 0.667. The van der Waals surface area contributed by atoms with Crippen LogP contribution in [0.25, 0.3) is 0 Å². The van der Waals surface area contributed by atoms with Gasteiger partial charge in [-0.3, -0.25) is 0 Å². The highest BCUT2D eigenvalue weighted by Gasteiger charge is 2.31. The van der Waals surface area contributed by atoms with Crippen molar-refractivity contribution in [2.75, 3.05) is 33.7 Å². The molecule has 0 radical (unpaired) electrons. The predicted molar refractivity (Wildman–Crippen MR) is 74.4 cm³/mol. The van der Waals surface area contributed by atoms with E-state index < -0.39 is 10.0 Å². The van der Waals surface area contributed by atoms with E-state index in [0.717, 1.165) is 12.2 Å². The maximum Gasteiger partial charge on any atom is 0.244 e. The molecule has 6 nitrogen and oxygen atoms in total. The number of likely N-dealkylation sites (N-methyl/N-ethyl adjacent to an activating group) is 1. The molecule has 2 heterocycles. The van der Waals surface area contributed by atoms with Crippen LogP contribution in [0.4, 0.5) is 0 Å². The van der Waals surface area contributed by atoms with Crippen LogP contribution in [-0.2, 0) is 16.6 Å². The quantitative estimate of drug-likeness (QED) is 0.821. The summed E-state index contributed by atoms with van der Waals surface area (Å²) in [5, 5.41) is 2.99. The lowest BCUT2D eigenvalue weighted by Gasteiger charge is -2.36. The number of H-pyrrole nitrogens is 1. The van der Waals surface area contributed by atoms with E-state index in [9.17, 15) is 8.42 Å². The van der Waals surface area contributed by atoms with Crippen LogP contribution in [0.3, 0.4) is 0 Å². The van der Waals surface area contributed by atoms with Gasteiger partial charge in [-0.05, 0) is 27.1 Å². The molecular weight excluding hydrogens is 264 g/mol. The van der Waals surface area contributed by atoms with Crippen molar-refractivity contribution in [2.45, 2.75) is 24.4 Å². The van der Waals surface area contributed by atoms with E-state index in [1.807, 2.05) is 21.0 Å². The third-order valence-electron chi connectivity index (χ3n) is 3.64. The molecule has 108 valence electrons. The number of aromatic nitrogens is 1. The van der Waals surface area contributed by atoms with Crippen LogP contribution in [-0.4, -0.2) is 62.4 Å². The molecule has 0 aliphatic carbocycles. The summed E-state index contributed by atoms with van der Waals surface area (Å²) in [5.41, 5.74) is 0.878. The highest BCUT2D eigenvalue weighted by atomic mass is 32.2. The standard InChI is InChI=1S/C12H22N4O2S/c1-10-9-16(5-4-15(10)3)19(17,18)12-6-11(7-13-2)14-8-12/h6,8,10,13-14H,4-5,7,9H2,1-3H3. The maximum absolute atomic E-state index is 12.5. The lowest BCUT2D eigenvalue weighted by atomic mass is 10.2. The molecule has 0 spiro atoms. The maximum atomic E-state index is 12.5. The minimum absolute atomic E-state index is 0.249. The number of sulfonamides is 1. The van der Waals surface area contributed by atoms with Gasteiger partial charge >= 0.3 is 0 Å². The number of nitrogens with one attached hydrogen (secondary N) is 2. The zero-order valence-corrected chi connectivity index (χ0v) is 12.5. The fourth-order valence-corrected chi connectivity index (χ4v) is 3.77. The molecule has 1 atom stereocenters. The van der Waals surface area contributed by atoms with Crippen molar-refractivity contribution >= 4 is 10.0 Å². The molecule has 19 heavy (non-hydrogen) atoms. The average Bonchev–Trinajstić information content (AvgIpc) is 2.82. The first-order valence-corrected chi connectivity index (χ1v) is 7.91. The Morgan fingerprint density at radius 2 is 2.21 bits per heavy atom. The van der Waals surface area contributed by atoms with Crippen molar-refractivity contribution < 1.29 is 8.42 Å². The first-order chi connectivity index (χ1) is 8.95. The Morgan fingerprint density at radius 3 is 2.84 bits per heavy atom. The Kier molecular flexibility index (Phi) is 4.29. The van der Waals surface area contributed by atoms with E-state index in [2.05, 4.69) is 15.2 Å². The summed E-state index contributed by atoms with van der Waals surface area (Å²) in [4.78, 5) is 5.53. The molecule has 1 unspecified atom stereocenters. The van der Waals surface area contributed by atoms with E-state index in [-0.39, 0.29) is 6.04 Å². The van der Waals surface area contributed by atoms with Crippen LogP contribution < -0.4 is 5.32 Å². The van der Waals surface area contributed by atoms with Gasteiger partial charge in [0.1, 0.15) is 0 Å². The van der Waals surface area contributed by atoms with E-state index in [0.29, 0.717) is 24.5 Å². The SMILES string of the molecule is CNCc1cc(S(=O)(=O)N2CCN(C)C(C)C2)c[nH]1. The van der Waals surface area contributed by atoms with Gasteiger partial charge in [-0.25, -0.2) is 8.42 Å². The molecule has 0 aromatic carbocycles. The number of nitrogens with zero attached hydrogens (tertiary/aromatic N) is 2. The molecule has 7 heteroatoms. The lowest BCUT2D eigenvalue weighted by molar-refractivity contribution is 0.159. The van der Waals surface area contributed by atoms with Gasteiger partial charge < -0.3 is 15.2 Å². The van der Waals surface area contributed by atoms with Gasteiger partial charge in [-0.15, -0.1) is 0 Å². The predicted octanol–water partition coefficient (Wildman–Crippen LogP) is 0.0587. The van der Waals surface area contributed by atoms with Crippen LogP contribution in [0, 0.1) is 0 Å². The second kappa shape index (κ2) is 5.62. The minimum Gasteiger partial charge on any atom is -0.363 e. The summed E-state index contributed by atoms with van der Waals surface area (Å²) in [6.07, 6.45) is 1.57.